The van der Waals surface area contributed by atoms with Gasteiger partial charge < -0.3 is 4.90 Å². The van der Waals surface area contributed by atoms with Crippen molar-refractivity contribution in [2.24, 2.45) is 0 Å². The van der Waals surface area contributed by atoms with Crippen molar-refractivity contribution in [1.29, 1.82) is 0 Å². The van der Waals surface area contributed by atoms with E-state index in [0.29, 0.717) is 25.8 Å². The third-order valence-electron chi connectivity index (χ3n) is 7.54. The maximum Gasteiger partial charge on any atom is 0.241 e. The second-order valence-corrected chi connectivity index (χ2v) is 12.1. The number of anilines is 1. The lowest BCUT2D eigenvalue weighted by Gasteiger charge is -2.25. The second-order valence-electron chi connectivity index (χ2n) is 10.4. The van der Waals surface area contributed by atoms with Gasteiger partial charge in [0.1, 0.15) is 0 Å². The van der Waals surface area contributed by atoms with Gasteiger partial charge in [0.15, 0.2) is 0 Å². The molecule has 1 unspecified atom stereocenters. The van der Waals surface area contributed by atoms with Gasteiger partial charge in [0.2, 0.25) is 15.9 Å². The van der Waals surface area contributed by atoms with E-state index >= 15 is 0 Å². The summed E-state index contributed by atoms with van der Waals surface area (Å²) < 4.78 is 29.4. The summed E-state index contributed by atoms with van der Waals surface area (Å²) in [7, 11) is -3.69. The van der Waals surface area contributed by atoms with Crippen LogP contribution >= 0.6 is 0 Å². The Hall–Kier alpha value is -3.81. The van der Waals surface area contributed by atoms with E-state index < -0.39 is 10.0 Å². The maximum atomic E-state index is 13.6. The topological polar surface area (TPSA) is 79.4 Å². The number of aromatic nitrogens is 1. The lowest BCUT2D eigenvalue weighted by Crippen LogP contribution is -2.31. The van der Waals surface area contributed by atoms with Crippen molar-refractivity contribution in [3.8, 4) is 0 Å². The number of sulfonamides is 1. The zero-order valence-electron chi connectivity index (χ0n) is 23.0. The van der Waals surface area contributed by atoms with E-state index in [0.717, 1.165) is 52.0 Å². The predicted molar refractivity (Wildman–Crippen MR) is 159 cm³/mol. The zero-order valence-corrected chi connectivity index (χ0v) is 23.8. The van der Waals surface area contributed by atoms with Gasteiger partial charge in [-0.1, -0.05) is 61.5 Å². The van der Waals surface area contributed by atoms with Gasteiger partial charge in [-0.15, -0.1) is 0 Å². The summed E-state index contributed by atoms with van der Waals surface area (Å²) >= 11 is 0. The quantitative estimate of drug-likeness (QED) is 0.258. The molecule has 1 aliphatic carbocycles. The van der Waals surface area contributed by atoms with Gasteiger partial charge in [-0.2, -0.15) is 0 Å². The van der Waals surface area contributed by atoms with E-state index in [1.807, 2.05) is 86.6 Å². The smallest absolute Gasteiger partial charge is 0.241 e. The molecule has 40 heavy (non-hydrogen) atoms. The van der Waals surface area contributed by atoms with E-state index in [9.17, 15) is 13.2 Å². The van der Waals surface area contributed by atoms with Crippen LogP contribution in [0.4, 0.5) is 5.69 Å². The number of nitrogens with one attached hydrogen (secondary N) is 1. The number of benzene rings is 3. The number of aryl methyl sites for hydroxylation is 4. The van der Waals surface area contributed by atoms with Crippen molar-refractivity contribution in [3.05, 3.63) is 125 Å². The first-order valence-corrected chi connectivity index (χ1v) is 15.3. The Kier molecular flexibility index (Phi) is 8.43. The summed E-state index contributed by atoms with van der Waals surface area (Å²) in [5.74, 6) is 0.00974. The summed E-state index contributed by atoms with van der Waals surface area (Å²) in [4.78, 5) is 20.1. The first-order chi connectivity index (χ1) is 19.3. The minimum Gasteiger partial charge on any atom is -0.308 e. The number of hydrogen-bond donors (Lipinski definition) is 1. The summed E-state index contributed by atoms with van der Waals surface area (Å²) in [6, 6.07) is 26.6. The Labute approximate surface area is 237 Å². The number of pyridine rings is 1. The van der Waals surface area contributed by atoms with E-state index in [2.05, 4.69) is 9.71 Å². The van der Waals surface area contributed by atoms with Gasteiger partial charge >= 0.3 is 0 Å². The predicted octanol–water partition coefficient (Wildman–Crippen LogP) is 6.08. The van der Waals surface area contributed by atoms with Crippen LogP contribution in [0, 0.1) is 6.92 Å². The van der Waals surface area contributed by atoms with Crippen molar-refractivity contribution < 1.29 is 13.2 Å². The van der Waals surface area contributed by atoms with Gasteiger partial charge in [-0.25, -0.2) is 13.1 Å². The van der Waals surface area contributed by atoms with Crippen LogP contribution in [0.3, 0.4) is 0 Å². The van der Waals surface area contributed by atoms with Crippen LogP contribution in [-0.2, 0) is 40.6 Å². The molecule has 0 fully saturated rings. The molecule has 0 radical (unpaired) electrons. The van der Waals surface area contributed by atoms with E-state index in [1.54, 1.807) is 23.2 Å². The van der Waals surface area contributed by atoms with Crippen LogP contribution in [0.2, 0.25) is 0 Å². The van der Waals surface area contributed by atoms with E-state index in [4.69, 9.17) is 0 Å². The molecule has 3 aromatic carbocycles. The van der Waals surface area contributed by atoms with Crippen LogP contribution in [0.25, 0.3) is 0 Å². The minimum atomic E-state index is -3.69. The molecule has 4 aromatic rings. The molecule has 206 valence electrons. The van der Waals surface area contributed by atoms with Gasteiger partial charge in [0.05, 0.1) is 11.4 Å². The van der Waals surface area contributed by atoms with Gasteiger partial charge in [-0.05, 0) is 90.8 Å². The standard InChI is InChI=1S/C33H35N3O3S/c1-3-25-11-17-30(18-12-25)40(38,39)35-32-19-15-28-14-16-29(21-31(28)32)36(23-27-10-9-24(2)34-22-27)33(37)20-13-26-7-5-4-6-8-26/h4-12,14,16-18,21-22,32,35H,3,13,15,19-20,23H2,1-2H3. The number of nitrogens with zero attached hydrogens (tertiary/aromatic N) is 2. The Bertz CT molecular complexity index is 1570. The molecule has 0 saturated heterocycles. The third-order valence-corrected chi connectivity index (χ3v) is 9.03. The van der Waals surface area contributed by atoms with Crippen molar-refractivity contribution >= 4 is 21.6 Å². The highest BCUT2D eigenvalue weighted by atomic mass is 32.2. The average Bonchev–Trinajstić information content (AvgIpc) is 3.37. The Morgan fingerprint density at radius 2 is 1.70 bits per heavy atom. The lowest BCUT2D eigenvalue weighted by molar-refractivity contribution is -0.118. The molecular formula is C33H35N3O3S. The van der Waals surface area contributed by atoms with Crippen molar-refractivity contribution in [3.63, 3.8) is 0 Å². The molecule has 0 saturated carbocycles. The summed E-state index contributed by atoms with van der Waals surface area (Å²) in [6.45, 7) is 4.37. The van der Waals surface area contributed by atoms with Crippen molar-refractivity contribution in [2.75, 3.05) is 4.90 Å². The summed E-state index contributed by atoms with van der Waals surface area (Å²) in [5, 5.41) is 0. The third kappa shape index (κ3) is 6.49. The molecule has 1 aromatic heterocycles. The summed E-state index contributed by atoms with van der Waals surface area (Å²) in [6.07, 6.45) is 5.12. The van der Waals surface area contributed by atoms with Crippen LogP contribution in [0.1, 0.15) is 59.3 Å². The highest BCUT2D eigenvalue weighted by Crippen LogP contribution is 2.36. The minimum absolute atomic E-state index is 0.00974. The molecule has 1 aliphatic rings. The number of hydrogen-bond acceptors (Lipinski definition) is 4. The Balaban J connectivity index is 1.40. The zero-order chi connectivity index (χ0) is 28.1. The van der Waals surface area contributed by atoms with Crippen molar-refractivity contribution in [2.45, 2.75) is 63.4 Å². The first-order valence-electron chi connectivity index (χ1n) is 13.8. The molecule has 7 heteroatoms. The molecule has 1 amide bonds. The molecule has 1 atom stereocenters. The molecular weight excluding hydrogens is 518 g/mol. The molecule has 1 N–H and O–H groups in total. The Morgan fingerprint density at radius 3 is 2.40 bits per heavy atom. The van der Waals surface area contributed by atoms with Crippen LogP contribution < -0.4 is 9.62 Å². The SMILES string of the molecule is CCc1ccc(S(=O)(=O)NC2CCc3ccc(N(Cc4ccc(C)nc4)C(=O)CCc4ccccc4)cc32)cc1. The van der Waals surface area contributed by atoms with Gasteiger partial charge in [-0.3, -0.25) is 9.78 Å². The summed E-state index contributed by atoms with van der Waals surface area (Å²) in [5.41, 5.74) is 6.85. The molecule has 0 bridgehead atoms. The molecule has 0 aliphatic heterocycles. The molecule has 6 nitrogen and oxygen atoms in total. The lowest BCUT2D eigenvalue weighted by atomic mass is 10.1. The highest BCUT2D eigenvalue weighted by Gasteiger charge is 2.29. The van der Waals surface area contributed by atoms with Crippen LogP contribution in [0.15, 0.2) is 96.0 Å². The molecule has 0 spiro atoms. The number of carbonyl (C=O) groups excluding carboxylic acids is 1. The monoisotopic (exact) mass is 553 g/mol. The van der Waals surface area contributed by atoms with Crippen LogP contribution in [-0.4, -0.2) is 19.3 Å². The molecule has 5 rings (SSSR count). The number of rotatable bonds is 10. The maximum absolute atomic E-state index is 13.6. The van der Waals surface area contributed by atoms with E-state index in [-0.39, 0.29) is 16.8 Å². The Morgan fingerprint density at radius 1 is 0.950 bits per heavy atom. The second kappa shape index (κ2) is 12.1. The van der Waals surface area contributed by atoms with Gasteiger partial charge in [0.25, 0.3) is 0 Å². The normalized spacial score (nSPS) is 14.6. The largest absolute Gasteiger partial charge is 0.308 e. The fourth-order valence-electron chi connectivity index (χ4n) is 5.17. The molecule has 1 heterocycles. The fraction of sp³-hybridized carbons (Fsp3) is 0.273. The van der Waals surface area contributed by atoms with Crippen molar-refractivity contribution in [1.82, 2.24) is 9.71 Å². The fourth-order valence-corrected chi connectivity index (χ4v) is 6.42. The van der Waals surface area contributed by atoms with E-state index in [1.165, 1.54) is 0 Å². The number of carbonyl (C=O) groups is 1. The number of fused-ring (bicyclic) bond motifs is 1. The highest BCUT2D eigenvalue weighted by molar-refractivity contribution is 7.89. The average molecular weight is 554 g/mol. The van der Waals surface area contributed by atoms with Gasteiger partial charge in [0, 0.05) is 30.0 Å². The first kappa shape index (κ1) is 27.7. The number of amides is 1. The van der Waals surface area contributed by atoms with Crippen LogP contribution in [0.5, 0.6) is 0 Å².